The molecule has 14 aromatic rings. The number of hydrogen-bond acceptors (Lipinski definition) is 0. The van der Waals surface area contributed by atoms with Crippen molar-refractivity contribution in [3.8, 4) is 56.1 Å². The summed E-state index contributed by atoms with van der Waals surface area (Å²) in [6, 6.07) is 78.5. The first-order valence-corrected chi connectivity index (χ1v) is 27.7. The van der Waals surface area contributed by atoms with Crippen molar-refractivity contribution in [3.63, 3.8) is 0 Å². The Kier molecular flexibility index (Phi) is 8.65. The van der Waals surface area contributed by atoms with Crippen LogP contribution in [0.25, 0.3) is 155 Å². The molecule has 0 amide bonds. The van der Waals surface area contributed by atoms with Gasteiger partial charge in [0.15, 0.2) is 0 Å². The van der Waals surface area contributed by atoms with E-state index in [0.717, 1.165) is 25.7 Å². The van der Waals surface area contributed by atoms with Crippen LogP contribution in [0.15, 0.2) is 231 Å². The average Bonchev–Trinajstić information content (AvgIpc) is 4.24. The fraction of sp³-hybridized carbons (Fsp3) is 0.0526. The van der Waals surface area contributed by atoms with E-state index in [9.17, 15) is 0 Å². The first kappa shape index (κ1) is 42.5. The predicted molar refractivity (Wildman–Crippen MR) is 331 cm³/mol. The van der Waals surface area contributed by atoms with Crippen LogP contribution >= 0.6 is 0 Å². The van der Waals surface area contributed by atoms with Crippen LogP contribution in [0.2, 0.25) is 0 Å². The molecular formula is C76H48N2. The smallest absolute Gasteiger partial charge is 0.0620 e. The quantitative estimate of drug-likeness (QED) is 0.147. The van der Waals surface area contributed by atoms with Gasteiger partial charge in [0.2, 0.25) is 0 Å². The molecule has 0 aliphatic heterocycles. The van der Waals surface area contributed by atoms with Gasteiger partial charge in [-0.2, -0.15) is 0 Å². The van der Waals surface area contributed by atoms with Gasteiger partial charge in [0.25, 0.3) is 0 Å². The van der Waals surface area contributed by atoms with Crippen LogP contribution in [-0.4, -0.2) is 9.13 Å². The first-order chi connectivity index (χ1) is 38.7. The number of hydrogen-bond donors (Lipinski definition) is 0. The molecule has 2 heterocycles. The molecule has 2 heteroatoms. The highest BCUT2D eigenvalue weighted by molar-refractivity contribution is 6.28. The summed E-state index contributed by atoms with van der Waals surface area (Å²) >= 11 is 0. The van der Waals surface area contributed by atoms with E-state index in [1.165, 1.54) is 176 Å². The highest BCUT2D eigenvalue weighted by Crippen LogP contribution is 2.54. The predicted octanol–water partition coefficient (Wildman–Crippen LogP) is 20.2. The van der Waals surface area contributed by atoms with Gasteiger partial charge in [-0.3, -0.25) is 0 Å². The highest BCUT2D eigenvalue weighted by atomic mass is 15.0. The average molecular weight is 989 g/mol. The van der Waals surface area contributed by atoms with E-state index in [0.29, 0.717) is 0 Å². The molecule has 362 valence electrons. The van der Waals surface area contributed by atoms with Crippen LogP contribution in [0.3, 0.4) is 0 Å². The zero-order valence-corrected chi connectivity index (χ0v) is 42.8. The summed E-state index contributed by atoms with van der Waals surface area (Å²) in [5, 5.41) is 15.5. The van der Waals surface area contributed by atoms with Crippen molar-refractivity contribution >= 4 is 99.0 Å². The Bertz CT molecular complexity index is 4760. The number of benzene rings is 12. The molecule has 0 saturated carbocycles. The van der Waals surface area contributed by atoms with Crippen LogP contribution in [0.5, 0.6) is 0 Å². The van der Waals surface area contributed by atoms with Crippen LogP contribution in [0.4, 0.5) is 0 Å². The maximum absolute atomic E-state index is 2.66. The summed E-state index contributed by atoms with van der Waals surface area (Å²) in [6.45, 7) is 0. The van der Waals surface area contributed by atoms with E-state index < -0.39 is 0 Å². The molecule has 0 saturated heterocycles. The van der Waals surface area contributed by atoms with E-state index >= 15 is 0 Å². The molecule has 4 aliphatic rings. The number of aromatic nitrogens is 2. The molecule has 0 fully saturated rings. The van der Waals surface area contributed by atoms with Crippen molar-refractivity contribution in [3.05, 3.63) is 264 Å². The first-order valence-electron chi connectivity index (χ1n) is 27.7. The zero-order valence-electron chi connectivity index (χ0n) is 42.8. The van der Waals surface area contributed by atoms with Gasteiger partial charge in [0.1, 0.15) is 0 Å². The molecule has 0 N–H and O–H groups in total. The molecule has 0 spiro atoms. The Labute approximate surface area is 451 Å². The van der Waals surface area contributed by atoms with Gasteiger partial charge >= 0.3 is 0 Å². The summed E-state index contributed by atoms with van der Waals surface area (Å²) < 4.78 is 5.32. The molecular weight excluding hydrogens is 941 g/mol. The molecule has 18 rings (SSSR count). The van der Waals surface area contributed by atoms with Crippen LogP contribution in [-0.2, 0) is 12.8 Å². The molecule has 2 nitrogen and oxygen atoms in total. The minimum Gasteiger partial charge on any atom is -0.307 e. The molecule has 0 atom stereocenters. The van der Waals surface area contributed by atoms with Crippen molar-refractivity contribution in [1.29, 1.82) is 0 Å². The number of nitrogens with zero attached hydrogens (tertiary/aromatic N) is 2. The van der Waals surface area contributed by atoms with Crippen molar-refractivity contribution in [2.75, 3.05) is 0 Å². The summed E-state index contributed by atoms with van der Waals surface area (Å²) in [5.41, 5.74) is 25.9. The third-order valence-corrected chi connectivity index (χ3v) is 18.1. The minimum atomic E-state index is 0.928. The third kappa shape index (κ3) is 5.71. The minimum absolute atomic E-state index is 0.928. The largest absolute Gasteiger partial charge is 0.307 e. The fourth-order valence-electron chi connectivity index (χ4n) is 14.9. The van der Waals surface area contributed by atoms with E-state index in [1.54, 1.807) is 0 Å². The van der Waals surface area contributed by atoms with Crippen LogP contribution in [0, 0.1) is 0 Å². The van der Waals surface area contributed by atoms with Crippen LogP contribution in [0.1, 0.15) is 46.2 Å². The number of fused-ring (bicyclic) bond motifs is 4. The molecule has 0 bridgehead atoms. The molecule has 12 aromatic carbocycles. The van der Waals surface area contributed by atoms with Gasteiger partial charge in [-0.1, -0.05) is 218 Å². The van der Waals surface area contributed by atoms with E-state index in [2.05, 4.69) is 252 Å². The second-order valence-corrected chi connectivity index (χ2v) is 22.0. The van der Waals surface area contributed by atoms with Gasteiger partial charge in [-0.05, 0) is 149 Å². The van der Waals surface area contributed by atoms with E-state index in [1.807, 2.05) is 0 Å². The Balaban J connectivity index is 0.988. The monoisotopic (exact) mass is 988 g/mol. The van der Waals surface area contributed by atoms with Crippen molar-refractivity contribution < 1.29 is 0 Å². The topological polar surface area (TPSA) is 9.86 Å². The van der Waals surface area contributed by atoms with Crippen molar-refractivity contribution in [1.82, 2.24) is 9.13 Å². The molecule has 78 heavy (non-hydrogen) atoms. The van der Waals surface area contributed by atoms with E-state index in [-0.39, 0.29) is 0 Å². The maximum Gasteiger partial charge on any atom is 0.0620 e. The lowest BCUT2D eigenvalue weighted by atomic mass is 9.80. The van der Waals surface area contributed by atoms with Gasteiger partial charge in [0, 0.05) is 43.4 Å². The SMILES string of the molecule is C1=Cc2ccc3c4c(cc5c(-c6ccccc6)c(-c6ccccc6)n(-c6ccc7ccc8c(-n9c(-c%10ccccc%10)c(-c%10ccccc%10)c%10cc%11c%12c%13c(ccc%12c%109)C=CCC%13=CC%11)ccc9ccc6c7c98)c53)CC=C(C1)c24. The van der Waals surface area contributed by atoms with Crippen molar-refractivity contribution in [2.24, 2.45) is 0 Å². The van der Waals surface area contributed by atoms with Gasteiger partial charge in [0.05, 0.1) is 33.8 Å². The molecule has 0 unspecified atom stereocenters. The Hall–Kier alpha value is -9.76. The highest BCUT2D eigenvalue weighted by Gasteiger charge is 2.31. The van der Waals surface area contributed by atoms with Gasteiger partial charge in [-0.15, -0.1) is 0 Å². The Morgan fingerprint density at radius 3 is 1.10 bits per heavy atom. The van der Waals surface area contributed by atoms with Crippen LogP contribution < -0.4 is 0 Å². The lowest BCUT2D eigenvalue weighted by Crippen LogP contribution is -2.05. The normalized spacial score (nSPS) is 14.3. The summed E-state index contributed by atoms with van der Waals surface area (Å²) in [6.07, 6.45) is 18.1. The van der Waals surface area contributed by atoms with Gasteiger partial charge in [-0.25, -0.2) is 0 Å². The second-order valence-electron chi connectivity index (χ2n) is 22.0. The number of rotatable bonds is 6. The Morgan fingerprint density at radius 1 is 0.295 bits per heavy atom. The van der Waals surface area contributed by atoms with Gasteiger partial charge < -0.3 is 9.13 Å². The zero-order chi connectivity index (χ0) is 50.7. The standard InChI is InChI=1S/C76H48N2/c1-5-15-45(16-6-1)71-61-43-55-29-27-47-23-13-25-49-33-39-59(69(55)65(47)49)75(61)77(73(71)53-19-9-3-10-20-53)63-41-35-51-32-38-58-64(42-36-52-31-37-57(63)67(51)68(52)58)78-74(54-21-11-4-12-22-54)72(46-17-7-2-8-18-46)62-44-56-30-28-48-24-14-26-50-34-40-60(76(62)78)70(56)66(48)50/h1-22,25-28,31-44H,23-24,29-30H2. The molecule has 0 radical (unpaired) electrons. The van der Waals surface area contributed by atoms with Crippen molar-refractivity contribution in [2.45, 2.75) is 25.7 Å². The number of allylic oxidation sites excluding steroid dienone is 6. The summed E-state index contributed by atoms with van der Waals surface area (Å²) in [7, 11) is 0. The molecule has 2 aromatic heterocycles. The Morgan fingerprint density at radius 2 is 0.679 bits per heavy atom. The fourth-order valence-corrected chi connectivity index (χ4v) is 14.9. The second kappa shape index (κ2) is 15.9. The lowest BCUT2D eigenvalue weighted by Gasteiger charge is -2.25. The molecule has 4 aliphatic carbocycles. The summed E-state index contributed by atoms with van der Waals surface area (Å²) in [4.78, 5) is 0. The van der Waals surface area contributed by atoms with E-state index in [4.69, 9.17) is 0 Å². The maximum atomic E-state index is 2.66. The lowest BCUT2D eigenvalue weighted by molar-refractivity contribution is 1.15. The third-order valence-electron chi connectivity index (χ3n) is 18.1. The summed E-state index contributed by atoms with van der Waals surface area (Å²) in [5.74, 6) is 0.